The number of benzene rings is 3. The Balaban J connectivity index is 1.42. The number of amides is 2. The van der Waals surface area contributed by atoms with Crippen molar-refractivity contribution in [2.75, 3.05) is 6.54 Å². The number of carbonyl (C=O) groups is 2. The Morgan fingerprint density at radius 3 is 2.40 bits per heavy atom. The molecular formula is C38H42FN5O5S. The third-order valence-corrected chi connectivity index (χ3v) is 9.76. The predicted octanol–water partition coefficient (Wildman–Crippen LogP) is 5.60. The summed E-state index contributed by atoms with van der Waals surface area (Å²) in [6, 6.07) is 21.5. The molecule has 0 saturated heterocycles. The summed E-state index contributed by atoms with van der Waals surface area (Å²) >= 11 is 0. The third kappa shape index (κ3) is 8.73. The van der Waals surface area contributed by atoms with E-state index in [9.17, 15) is 22.8 Å². The Labute approximate surface area is 291 Å². The van der Waals surface area contributed by atoms with Crippen LogP contribution in [0.15, 0.2) is 94.7 Å². The van der Waals surface area contributed by atoms with Crippen LogP contribution in [0.2, 0.25) is 0 Å². The standard InChI is InChI=1S/C38H42FN5O5S/c1-4-5-15-34-41-32-20-21-43(25-36(46)40-23-26(2)3)38(47)37(32)44(34)24-29-18-17-28(22-31(29)39)30-13-9-10-14-33(30)50(48,49)42-35(45)19-16-27-11-7-6-8-12-27/h6-14,17-18,20-22,26H,4-5,15-16,19,23-25H2,1-3H3,(H,40,46)(H,42,45). The van der Waals surface area contributed by atoms with Crippen LogP contribution in [0.3, 0.4) is 0 Å². The monoisotopic (exact) mass is 699 g/mol. The van der Waals surface area contributed by atoms with Gasteiger partial charge in [0.25, 0.3) is 15.6 Å². The molecule has 2 aromatic heterocycles. The number of nitrogens with zero attached hydrogens (tertiary/aromatic N) is 3. The van der Waals surface area contributed by atoms with Gasteiger partial charge in [-0.3, -0.25) is 14.4 Å². The molecule has 0 aliphatic rings. The molecule has 0 radical (unpaired) electrons. The Hall–Kier alpha value is -5.10. The first-order valence-corrected chi connectivity index (χ1v) is 18.3. The largest absolute Gasteiger partial charge is 0.354 e. The van der Waals surface area contributed by atoms with E-state index in [1.807, 2.05) is 51.1 Å². The van der Waals surface area contributed by atoms with Crippen LogP contribution in [0.1, 0.15) is 57.0 Å². The number of pyridine rings is 1. The van der Waals surface area contributed by atoms with E-state index in [0.717, 1.165) is 18.4 Å². The number of carbonyl (C=O) groups excluding carboxylic acids is 2. The highest BCUT2D eigenvalue weighted by molar-refractivity contribution is 7.90. The number of halogens is 1. The average Bonchev–Trinajstić information content (AvgIpc) is 3.45. The number of aromatic nitrogens is 3. The number of nitrogens with one attached hydrogen (secondary N) is 2. The van der Waals surface area contributed by atoms with Crippen LogP contribution in [0.5, 0.6) is 0 Å². The molecule has 50 heavy (non-hydrogen) atoms. The van der Waals surface area contributed by atoms with Crippen molar-refractivity contribution in [3.63, 3.8) is 0 Å². The molecular weight excluding hydrogens is 658 g/mol. The van der Waals surface area contributed by atoms with Crippen molar-refractivity contribution in [3.8, 4) is 11.1 Å². The molecule has 0 unspecified atom stereocenters. The zero-order chi connectivity index (χ0) is 35.8. The lowest BCUT2D eigenvalue weighted by Gasteiger charge is -2.14. The maximum atomic E-state index is 15.9. The van der Waals surface area contributed by atoms with Gasteiger partial charge in [-0.25, -0.2) is 22.5 Å². The van der Waals surface area contributed by atoms with E-state index in [-0.39, 0.29) is 52.9 Å². The minimum absolute atomic E-state index is 0.00211. The van der Waals surface area contributed by atoms with Gasteiger partial charge in [-0.2, -0.15) is 0 Å². The molecule has 0 atom stereocenters. The molecule has 2 heterocycles. The molecule has 0 aliphatic heterocycles. The Morgan fingerprint density at radius 2 is 1.68 bits per heavy atom. The van der Waals surface area contributed by atoms with Gasteiger partial charge in [-0.05, 0) is 48.1 Å². The molecule has 5 aromatic rings. The van der Waals surface area contributed by atoms with Crippen LogP contribution in [0.4, 0.5) is 4.39 Å². The van der Waals surface area contributed by atoms with Crippen molar-refractivity contribution in [2.45, 2.75) is 70.9 Å². The molecule has 0 fully saturated rings. The van der Waals surface area contributed by atoms with Crippen molar-refractivity contribution in [1.82, 2.24) is 24.2 Å². The van der Waals surface area contributed by atoms with E-state index in [4.69, 9.17) is 4.98 Å². The zero-order valence-electron chi connectivity index (χ0n) is 28.5. The topological polar surface area (TPSA) is 132 Å². The van der Waals surface area contributed by atoms with Gasteiger partial charge in [-0.15, -0.1) is 0 Å². The van der Waals surface area contributed by atoms with Gasteiger partial charge in [0.05, 0.1) is 17.0 Å². The van der Waals surface area contributed by atoms with Crippen LogP contribution in [-0.2, 0) is 45.5 Å². The number of aryl methyl sites for hydroxylation is 2. The van der Waals surface area contributed by atoms with Crippen LogP contribution in [0, 0.1) is 11.7 Å². The summed E-state index contributed by atoms with van der Waals surface area (Å²) in [4.78, 5) is 43.4. The summed E-state index contributed by atoms with van der Waals surface area (Å²) in [6.45, 7) is 6.34. The fourth-order valence-corrected chi connectivity index (χ4v) is 6.93. The highest BCUT2D eigenvalue weighted by Crippen LogP contribution is 2.29. The van der Waals surface area contributed by atoms with Gasteiger partial charge >= 0.3 is 0 Å². The van der Waals surface area contributed by atoms with Gasteiger partial charge in [0, 0.05) is 36.7 Å². The van der Waals surface area contributed by atoms with Gasteiger partial charge < -0.3 is 14.5 Å². The van der Waals surface area contributed by atoms with Crippen molar-refractivity contribution in [1.29, 1.82) is 0 Å². The number of imidazole rings is 1. The molecule has 2 N–H and O–H groups in total. The summed E-state index contributed by atoms with van der Waals surface area (Å²) in [5, 5.41) is 2.82. The molecule has 10 nitrogen and oxygen atoms in total. The van der Waals surface area contributed by atoms with Crippen molar-refractivity contribution in [2.24, 2.45) is 5.92 Å². The highest BCUT2D eigenvalue weighted by atomic mass is 32.2. The predicted molar refractivity (Wildman–Crippen MR) is 191 cm³/mol. The number of fused-ring (bicyclic) bond motifs is 1. The van der Waals surface area contributed by atoms with E-state index >= 15 is 4.39 Å². The minimum atomic E-state index is -4.27. The molecule has 3 aromatic carbocycles. The number of hydrogen-bond acceptors (Lipinski definition) is 6. The van der Waals surface area contributed by atoms with E-state index in [1.54, 1.807) is 47.2 Å². The van der Waals surface area contributed by atoms with Gasteiger partial charge in [0.1, 0.15) is 23.7 Å². The molecule has 0 bridgehead atoms. The maximum absolute atomic E-state index is 15.9. The average molecular weight is 700 g/mol. The first-order chi connectivity index (χ1) is 24.0. The number of rotatable bonds is 15. The lowest BCUT2D eigenvalue weighted by molar-refractivity contribution is -0.122. The van der Waals surface area contributed by atoms with E-state index in [2.05, 4.69) is 10.0 Å². The van der Waals surface area contributed by atoms with Crippen LogP contribution >= 0.6 is 0 Å². The van der Waals surface area contributed by atoms with E-state index in [1.165, 1.54) is 16.7 Å². The molecule has 5 rings (SSSR count). The van der Waals surface area contributed by atoms with Crippen LogP contribution < -0.4 is 15.6 Å². The Kier molecular flexibility index (Phi) is 11.6. The summed E-state index contributed by atoms with van der Waals surface area (Å²) in [7, 11) is -4.27. The van der Waals surface area contributed by atoms with Gasteiger partial charge in [0.15, 0.2) is 0 Å². The fraction of sp³-hybridized carbons (Fsp3) is 0.316. The molecule has 0 saturated carbocycles. The SMILES string of the molecule is CCCCc1nc2ccn(CC(=O)NCC(C)C)c(=O)c2n1Cc1ccc(-c2ccccc2S(=O)(=O)NC(=O)CCc2ccccc2)cc1F. The normalized spacial score (nSPS) is 11.6. The second-order valence-electron chi connectivity index (χ2n) is 12.7. The van der Waals surface area contributed by atoms with Crippen molar-refractivity contribution in [3.05, 3.63) is 118 Å². The number of sulfonamides is 1. The Morgan fingerprint density at radius 1 is 0.940 bits per heavy atom. The quantitative estimate of drug-likeness (QED) is 0.146. The molecule has 262 valence electrons. The third-order valence-electron chi connectivity index (χ3n) is 8.33. The Bertz CT molecular complexity index is 2160. The van der Waals surface area contributed by atoms with Crippen molar-refractivity contribution >= 4 is 32.9 Å². The number of hydrogen-bond donors (Lipinski definition) is 2. The minimum Gasteiger partial charge on any atom is -0.354 e. The first-order valence-electron chi connectivity index (χ1n) is 16.8. The first kappa shape index (κ1) is 36.2. The second-order valence-corrected chi connectivity index (χ2v) is 14.4. The lowest BCUT2D eigenvalue weighted by atomic mass is 10.0. The summed E-state index contributed by atoms with van der Waals surface area (Å²) in [6.07, 6.45) is 4.18. The molecule has 0 aliphatic carbocycles. The van der Waals surface area contributed by atoms with Gasteiger partial charge in [-0.1, -0.05) is 87.9 Å². The second kappa shape index (κ2) is 16.1. The van der Waals surface area contributed by atoms with Crippen LogP contribution in [-0.4, -0.2) is 40.9 Å². The highest BCUT2D eigenvalue weighted by Gasteiger charge is 2.23. The fourth-order valence-electron chi connectivity index (χ4n) is 5.69. The maximum Gasteiger partial charge on any atom is 0.277 e. The van der Waals surface area contributed by atoms with E-state index < -0.39 is 27.3 Å². The van der Waals surface area contributed by atoms with Crippen molar-refractivity contribution < 1.29 is 22.4 Å². The van der Waals surface area contributed by atoms with Gasteiger partial charge in [0.2, 0.25) is 11.8 Å². The zero-order valence-corrected chi connectivity index (χ0v) is 29.3. The molecule has 2 amide bonds. The lowest BCUT2D eigenvalue weighted by Crippen LogP contribution is -2.34. The van der Waals surface area contributed by atoms with E-state index in [0.29, 0.717) is 36.3 Å². The molecule has 12 heteroatoms. The molecule has 0 spiro atoms. The summed E-state index contributed by atoms with van der Waals surface area (Å²) < 4.78 is 47.8. The summed E-state index contributed by atoms with van der Waals surface area (Å²) in [5.74, 6) is -0.644. The summed E-state index contributed by atoms with van der Waals surface area (Å²) in [5.41, 5.74) is 2.05. The number of unbranched alkanes of at least 4 members (excludes halogenated alkanes) is 1. The smallest absolute Gasteiger partial charge is 0.277 e. The van der Waals surface area contributed by atoms with Crippen LogP contribution in [0.25, 0.3) is 22.2 Å².